The average molecular weight is 229 g/mol. The fraction of sp³-hybridized carbons (Fsp3) is 0.923. The Morgan fingerprint density at radius 3 is 2.12 bits per heavy atom. The predicted octanol–water partition coefficient (Wildman–Crippen LogP) is 2.89. The van der Waals surface area contributed by atoms with E-state index in [9.17, 15) is 4.79 Å². The van der Waals surface area contributed by atoms with E-state index in [-0.39, 0.29) is 5.97 Å². The molecule has 0 rings (SSSR count). The predicted molar refractivity (Wildman–Crippen MR) is 67.5 cm³/mol. The van der Waals surface area contributed by atoms with Gasteiger partial charge >= 0.3 is 5.97 Å². The monoisotopic (exact) mass is 229 g/mol. The molecule has 0 heterocycles. The molecule has 0 fully saturated rings. The Hall–Kier alpha value is -0.570. The first-order valence-corrected chi connectivity index (χ1v) is 6.58. The van der Waals surface area contributed by atoms with Crippen molar-refractivity contribution < 1.29 is 9.53 Å². The van der Waals surface area contributed by atoms with Crippen LogP contribution in [0.3, 0.4) is 0 Å². The van der Waals surface area contributed by atoms with Crippen molar-refractivity contribution in [3.63, 3.8) is 0 Å². The molecule has 0 aromatic carbocycles. The minimum absolute atomic E-state index is 0.181. The zero-order valence-electron chi connectivity index (χ0n) is 10.9. The first kappa shape index (κ1) is 15.4. The van der Waals surface area contributed by atoms with Gasteiger partial charge in [-0.1, -0.05) is 51.9 Å². The summed E-state index contributed by atoms with van der Waals surface area (Å²) in [5.41, 5.74) is 0. The second-order valence-electron chi connectivity index (χ2n) is 4.23. The van der Waals surface area contributed by atoms with Gasteiger partial charge in [0.1, 0.15) is 0 Å². The van der Waals surface area contributed by atoms with E-state index in [0.29, 0.717) is 6.54 Å². The van der Waals surface area contributed by atoms with Gasteiger partial charge < -0.3 is 10.1 Å². The molecule has 0 radical (unpaired) electrons. The molecular formula is C13H27NO2. The van der Waals surface area contributed by atoms with Gasteiger partial charge in [0.2, 0.25) is 0 Å². The van der Waals surface area contributed by atoms with Crippen molar-refractivity contribution >= 4 is 5.97 Å². The molecule has 0 atom stereocenters. The van der Waals surface area contributed by atoms with Crippen LogP contribution >= 0.6 is 0 Å². The van der Waals surface area contributed by atoms with Crippen LogP contribution in [0.25, 0.3) is 0 Å². The number of unbranched alkanes of at least 4 members (excludes halogenated alkanes) is 7. The van der Waals surface area contributed by atoms with Gasteiger partial charge in [-0.15, -0.1) is 0 Å². The summed E-state index contributed by atoms with van der Waals surface area (Å²) in [6.45, 7) is 3.50. The Balaban J connectivity index is 2.96. The number of ether oxygens (including phenoxy) is 1. The number of hydrogen-bond acceptors (Lipinski definition) is 3. The Morgan fingerprint density at radius 1 is 1.00 bits per heavy atom. The van der Waals surface area contributed by atoms with Gasteiger partial charge in [-0.05, 0) is 13.0 Å². The van der Waals surface area contributed by atoms with Crippen LogP contribution in [0.1, 0.15) is 58.3 Å². The zero-order chi connectivity index (χ0) is 12.1. The number of nitrogens with one attached hydrogen (secondary N) is 1. The van der Waals surface area contributed by atoms with Crippen LogP contribution in [0.5, 0.6) is 0 Å². The molecule has 0 spiro atoms. The van der Waals surface area contributed by atoms with E-state index in [0.717, 1.165) is 13.0 Å². The van der Waals surface area contributed by atoms with Crippen molar-refractivity contribution in [2.24, 2.45) is 0 Å². The Bertz CT molecular complexity index is 160. The van der Waals surface area contributed by atoms with Gasteiger partial charge in [0.05, 0.1) is 13.7 Å². The van der Waals surface area contributed by atoms with E-state index in [1.165, 1.54) is 52.1 Å². The molecule has 0 aromatic rings. The summed E-state index contributed by atoms with van der Waals surface area (Å²) >= 11 is 0. The number of carbonyl (C=O) groups is 1. The average Bonchev–Trinajstić information content (AvgIpc) is 2.31. The molecule has 1 N–H and O–H groups in total. The first-order valence-electron chi connectivity index (χ1n) is 6.58. The van der Waals surface area contributed by atoms with Gasteiger partial charge in [0.15, 0.2) is 0 Å². The van der Waals surface area contributed by atoms with Crippen LogP contribution in [0, 0.1) is 0 Å². The number of hydrogen-bond donors (Lipinski definition) is 1. The molecular weight excluding hydrogens is 202 g/mol. The molecule has 0 aromatic heterocycles. The first-order chi connectivity index (χ1) is 7.81. The van der Waals surface area contributed by atoms with E-state index in [1.807, 2.05) is 0 Å². The topological polar surface area (TPSA) is 38.3 Å². The summed E-state index contributed by atoms with van der Waals surface area (Å²) < 4.78 is 4.53. The van der Waals surface area contributed by atoms with Crippen molar-refractivity contribution in [1.29, 1.82) is 0 Å². The highest BCUT2D eigenvalue weighted by Gasteiger charge is 1.97. The van der Waals surface area contributed by atoms with E-state index in [4.69, 9.17) is 0 Å². The quantitative estimate of drug-likeness (QED) is 0.437. The number of methoxy groups -OCH3 is 1. The van der Waals surface area contributed by atoms with Gasteiger partial charge in [-0.25, -0.2) is 0 Å². The Labute approximate surface area is 99.9 Å². The lowest BCUT2D eigenvalue weighted by molar-refractivity contribution is -0.139. The van der Waals surface area contributed by atoms with Crippen LogP contribution in [-0.4, -0.2) is 26.2 Å². The maximum Gasteiger partial charge on any atom is 0.319 e. The van der Waals surface area contributed by atoms with E-state index in [1.54, 1.807) is 0 Å². The van der Waals surface area contributed by atoms with Crippen molar-refractivity contribution in [2.45, 2.75) is 58.3 Å². The standard InChI is InChI=1S/C13H27NO2/c1-3-4-5-6-7-8-9-10-11-14-12-13(15)16-2/h14H,3-12H2,1-2H3. The van der Waals surface area contributed by atoms with Gasteiger partial charge in [-0.2, -0.15) is 0 Å². The van der Waals surface area contributed by atoms with Crippen LogP contribution < -0.4 is 5.32 Å². The van der Waals surface area contributed by atoms with Crippen LogP contribution in [-0.2, 0) is 9.53 Å². The maximum absolute atomic E-state index is 10.8. The zero-order valence-corrected chi connectivity index (χ0v) is 10.9. The lowest BCUT2D eigenvalue weighted by Crippen LogP contribution is -2.24. The van der Waals surface area contributed by atoms with Crippen molar-refractivity contribution in [2.75, 3.05) is 20.2 Å². The van der Waals surface area contributed by atoms with E-state index < -0.39 is 0 Å². The smallest absolute Gasteiger partial charge is 0.319 e. The molecule has 16 heavy (non-hydrogen) atoms. The Morgan fingerprint density at radius 2 is 1.56 bits per heavy atom. The molecule has 0 amide bonds. The van der Waals surface area contributed by atoms with Gasteiger partial charge in [0, 0.05) is 0 Å². The fourth-order valence-corrected chi connectivity index (χ4v) is 1.65. The molecule has 0 saturated carbocycles. The molecule has 0 unspecified atom stereocenters. The highest BCUT2D eigenvalue weighted by molar-refractivity contribution is 5.71. The molecule has 0 aliphatic carbocycles. The normalized spacial score (nSPS) is 10.4. The highest BCUT2D eigenvalue weighted by Crippen LogP contribution is 2.07. The van der Waals surface area contributed by atoms with Crippen molar-refractivity contribution in [1.82, 2.24) is 5.32 Å². The molecule has 0 aliphatic rings. The molecule has 96 valence electrons. The fourth-order valence-electron chi connectivity index (χ4n) is 1.65. The van der Waals surface area contributed by atoms with Crippen molar-refractivity contribution in [3.8, 4) is 0 Å². The van der Waals surface area contributed by atoms with Gasteiger partial charge in [0.25, 0.3) is 0 Å². The van der Waals surface area contributed by atoms with Gasteiger partial charge in [-0.3, -0.25) is 4.79 Å². The molecule has 0 aliphatic heterocycles. The van der Waals surface area contributed by atoms with E-state index in [2.05, 4.69) is 17.0 Å². The minimum atomic E-state index is -0.181. The Kier molecular flexibility index (Phi) is 12.1. The molecule has 3 nitrogen and oxygen atoms in total. The summed E-state index contributed by atoms with van der Waals surface area (Å²) in [4.78, 5) is 10.8. The lowest BCUT2D eigenvalue weighted by Gasteiger charge is -2.03. The third kappa shape index (κ3) is 11.5. The second kappa shape index (κ2) is 12.5. The summed E-state index contributed by atoms with van der Waals surface area (Å²) in [6, 6.07) is 0. The lowest BCUT2D eigenvalue weighted by atomic mass is 10.1. The number of rotatable bonds is 11. The largest absolute Gasteiger partial charge is 0.468 e. The van der Waals surface area contributed by atoms with Crippen LogP contribution in [0.4, 0.5) is 0 Å². The third-order valence-corrected chi connectivity index (χ3v) is 2.70. The summed E-state index contributed by atoms with van der Waals surface area (Å²) in [7, 11) is 1.42. The van der Waals surface area contributed by atoms with E-state index >= 15 is 0 Å². The molecule has 0 bridgehead atoms. The number of carbonyl (C=O) groups excluding carboxylic acids is 1. The summed E-state index contributed by atoms with van der Waals surface area (Å²) in [5, 5.41) is 3.07. The minimum Gasteiger partial charge on any atom is -0.468 e. The van der Waals surface area contributed by atoms with Crippen LogP contribution in [0.2, 0.25) is 0 Å². The number of esters is 1. The summed E-state index contributed by atoms with van der Waals surface area (Å²) in [6.07, 6.45) is 10.6. The second-order valence-corrected chi connectivity index (χ2v) is 4.23. The third-order valence-electron chi connectivity index (χ3n) is 2.70. The SMILES string of the molecule is CCCCCCCCCCNCC(=O)OC. The maximum atomic E-state index is 10.8. The molecule has 0 saturated heterocycles. The molecule has 3 heteroatoms. The highest BCUT2D eigenvalue weighted by atomic mass is 16.5. The van der Waals surface area contributed by atoms with Crippen molar-refractivity contribution in [3.05, 3.63) is 0 Å². The summed E-state index contributed by atoms with van der Waals surface area (Å²) in [5.74, 6) is -0.181. The van der Waals surface area contributed by atoms with Crippen LogP contribution in [0.15, 0.2) is 0 Å².